The maximum absolute atomic E-state index is 8.95. The molecule has 1 aliphatic heterocycles. The zero-order valence-electron chi connectivity index (χ0n) is 5.45. The molecule has 48 valence electrons. The van der Waals surface area contributed by atoms with Gasteiger partial charge in [0.15, 0.2) is 0 Å². The summed E-state index contributed by atoms with van der Waals surface area (Å²) in [4.78, 5) is 0. The Balaban J connectivity index is 2.38. The van der Waals surface area contributed by atoms with Crippen LogP contribution in [0.5, 0.6) is 0 Å². The summed E-state index contributed by atoms with van der Waals surface area (Å²) in [6.45, 7) is -0.853. The topological polar surface area (TPSA) is 49.7 Å². The van der Waals surface area contributed by atoms with Crippen molar-refractivity contribution in [3.05, 3.63) is 0 Å². The minimum Gasteiger partial charge on any atom is -0.394 e. The summed E-state index contributed by atoms with van der Waals surface area (Å²) in [7, 11) is 0. The fraction of sp³-hybridized carbons (Fsp3) is 1.00. The van der Waals surface area contributed by atoms with Crippen LogP contribution in [0.4, 0.5) is 0 Å². The van der Waals surface area contributed by atoms with E-state index in [4.69, 9.17) is 16.3 Å². The highest BCUT2D eigenvalue weighted by molar-refractivity contribution is 4.73. The van der Waals surface area contributed by atoms with Crippen molar-refractivity contribution in [1.82, 2.24) is 0 Å². The quantitative estimate of drug-likeness (QED) is 0.473. The third kappa shape index (κ3) is 0.992. The van der Waals surface area contributed by atoms with Crippen LogP contribution >= 0.6 is 0 Å². The Hall–Kier alpha value is -0.120. The van der Waals surface area contributed by atoms with Crippen molar-refractivity contribution in [2.45, 2.75) is 18.6 Å². The predicted octanol–water partition coefficient (Wildman–Crippen LogP) is -0.871. The Kier molecular flexibility index (Phi) is 1.44. The SMILES string of the molecule is [3H][C@H]1C[C@@H](O)[C@@H](CO)O1. The van der Waals surface area contributed by atoms with Crippen molar-refractivity contribution in [3.8, 4) is 0 Å². The van der Waals surface area contributed by atoms with E-state index in [1.807, 2.05) is 0 Å². The Bertz CT molecular complexity index is 98.2. The normalized spacial score (nSPS) is 49.2. The van der Waals surface area contributed by atoms with E-state index in [0.717, 1.165) is 0 Å². The van der Waals surface area contributed by atoms with Crippen molar-refractivity contribution in [1.29, 1.82) is 0 Å². The fourth-order valence-electron chi connectivity index (χ4n) is 0.685. The molecule has 0 aromatic heterocycles. The average molecular weight is 120 g/mol. The molecule has 1 rings (SSSR count). The molecule has 0 aromatic carbocycles. The van der Waals surface area contributed by atoms with Crippen LogP contribution in [0.15, 0.2) is 0 Å². The van der Waals surface area contributed by atoms with E-state index in [1.54, 1.807) is 0 Å². The molecule has 0 radical (unpaired) electrons. The Morgan fingerprint density at radius 2 is 2.62 bits per heavy atom. The third-order valence-electron chi connectivity index (χ3n) is 1.22. The van der Waals surface area contributed by atoms with Crippen LogP contribution in [-0.4, -0.2) is 35.6 Å². The maximum Gasteiger partial charge on any atom is 0.106 e. The first kappa shape index (κ1) is 4.73. The lowest BCUT2D eigenvalue weighted by Gasteiger charge is -2.07. The zero-order chi connectivity index (χ0) is 6.85. The molecule has 0 aromatic rings. The molecule has 0 amide bonds. The van der Waals surface area contributed by atoms with Crippen LogP contribution < -0.4 is 0 Å². The molecule has 8 heavy (non-hydrogen) atoms. The first-order valence-corrected chi connectivity index (χ1v) is 2.60. The molecule has 2 N–H and O–H groups in total. The first-order valence-electron chi connectivity index (χ1n) is 3.18. The average Bonchev–Trinajstić information content (AvgIpc) is 2.10. The molecule has 0 bridgehead atoms. The van der Waals surface area contributed by atoms with Gasteiger partial charge in [0.2, 0.25) is 0 Å². The molecule has 3 nitrogen and oxygen atoms in total. The molecular weight excluding hydrogens is 108 g/mol. The van der Waals surface area contributed by atoms with Gasteiger partial charge in [0.1, 0.15) is 6.10 Å². The predicted molar refractivity (Wildman–Crippen MR) is 27.4 cm³/mol. The maximum atomic E-state index is 8.95. The molecule has 1 saturated heterocycles. The summed E-state index contributed by atoms with van der Waals surface area (Å²) in [5.74, 6) is 0. The first-order chi connectivity index (χ1) is 4.24. The summed E-state index contributed by atoms with van der Waals surface area (Å²) in [6.07, 6.45) is -0.879. The van der Waals surface area contributed by atoms with Crippen LogP contribution in [0.2, 0.25) is 0 Å². The second-order valence-electron chi connectivity index (χ2n) is 1.83. The largest absolute Gasteiger partial charge is 0.394 e. The van der Waals surface area contributed by atoms with E-state index in [1.165, 1.54) is 0 Å². The lowest BCUT2D eigenvalue weighted by atomic mass is 10.2. The molecular formula is C5H10O3. The van der Waals surface area contributed by atoms with Gasteiger partial charge in [0.05, 0.1) is 14.1 Å². The van der Waals surface area contributed by atoms with Gasteiger partial charge in [-0.1, -0.05) is 0 Å². The molecule has 1 heterocycles. The number of hydrogen-bond acceptors (Lipinski definition) is 3. The van der Waals surface area contributed by atoms with Crippen molar-refractivity contribution in [3.63, 3.8) is 0 Å². The second-order valence-corrected chi connectivity index (χ2v) is 1.83. The highest BCUT2D eigenvalue weighted by atomic mass is 16.5. The van der Waals surface area contributed by atoms with E-state index in [9.17, 15) is 0 Å². The molecule has 1 aliphatic rings. The minimum absolute atomic E-state index is 0.198. The fourth-order valence-corrected chi connectivity index (χ4v) is 0.685. The molecule has 1 fully saturated rings. The van der Waals surface area contributed by atoms with E-state index < -0.39 is 18.8 Å². The molecule has 0 unspecified atom stereocenters. The monoisotopic (exact) mass is 120 g/mol. The van der Waals surface area contributed by atoms with Gasteiger partial charge < -0.3 is 14.9 Å². The van der Waals surface area contributed by atoms with E-state index in [2.05, 4.69) is 0 Å². The number of aliphatic hydroxyl groups is 2. The number of hydrogen-bond donors (Lipinski definition) is 2. The van der Waals surface area contributed by atoms with Crippen molar-refractivity contribution < 1.29 is 16.3 Å². The Morgan fingerprint density at radius 3 is 2.88 bits per heavy atom. The van der Waals surface area contributed by atoms with Crippen LogP contribution in [0.1, 0.15) is 7.79 Å². The van der Waals surface area contributed by atoms with Gasteiger partial charge >= 0.3 is 0 Å². The Labute approximate surface area is 49.3 Å². The van der Waals surface area contributed by atoms with Gasteiger partial charge in [-0.3, -0.25) is 0 Å². The van der Waals surface area contributed by atoms with Crippen molar-refractivity contribution >= 4 is 0 Å². The summed E-state index contributed by atoms with van der Waals surface area (Å²) in [5, 5.41) is 17.4. The second kappa shape index (κ2) is 2.44. The summed E-state index contributed by atoms with van der Waals surface area (Å²) in [5.41, 5.74) is 0. The lowest BCUT2D eigenvalue weighted by molar-refractivity contribution is 0.00406. The van der Waals surface area contributed by atoms with Crippen LogP contribution in [0, 0.1) is 0 Å². The molecule has 3 heteroatoms. The summed E-state index contributed by atoms with van der Waals surface area (Å²) < 4.78 is 11.8. The smallest absolute Gasteiger partial charge is 0.106 e. The van der Waals surface area contributed by atoms with Gasteiger partial charge in [-0.05, 0) is 6.42 Å². The number of rotatable bonds is 1. The van der Waals surface area contributed by atoms with Gasteiger partial charge in [-0.2, -0.15) is 0 Å². The summed E-state index contributed by atoms with van der Waals surface area (Å²) in [6, 6.07) is 0. The van der Waals surface area contributed by atoms with Crippen LogP contribution in [0.25, 0.3) is 0 Å². The highest BCUT2D eigenvalue weighted by Crippen LogP contribution is 2.11. The Morgan fingerprint density at radius 1 is 1.88 bits per heavy atom. The van der Waals surface area contributed by atoms with Crippen LogP contribution in [-0.2, 0) is 4.74 Å². The standard InChI is InChI=1S/C5H10O3/c6-3-5-4(7)1-2-8-5/h4-7H,1-3H2/t4-,5-/m1/s1/i2T/t2-,4+,5+/m0. The highest BCUT2D eigenvalue weighted by Gasteiger charge is 2.24. The number of ether oxygens (including phenoxy) is 1. The van der Waals surface area contributed by atoms with Gasteiger partial charge in [-0.15, -0.1) is 0 Å². The number of aliphatic hydroxyl groups excluding tert-OH is 2. The lowest BCUT2D eigenvalue weighted by Crippen LogP contribution is -2.24. The van der Waals surface area contributed by atoms with Gasteiger partial charge in [-0.25, -0.2) is 0 Å². The minimum atomic E-state index is -0.655. The molecule has 0 saturated carbocycles. The van der Waals surface area contributed by atoms with E-state index in [-0.39, 0.29) is 6.61 Å². The third-order valence-corrected chi connectivity index (χ3v) is 1.22. The van der Waals surface area contributed by atoms with Crippen LogP contribution in [0.3, 0.4) is 0 Å². The molecule has 0 spiro atoms. The molecule has 0 aliphatic carbocycles. The van der Waals surface area contributed by atoms with Gasteiger partial charge in [0, 0.05) is 6.58 Å². The van der Waals surface area contributed by atoms with E-state index in [0.29, 0.717) is 6.42 Å². The van der Waals surface area contributed by atoms with Gasteiger partial charge in [0.25, 0.3) is 0 Å². The van der Waals surface area contributed by atoms with Crippen molar-refractivity contribution in [2.24, 2.45) is 0 Å². The summed E-state index contributed by atoms with van der Waals surface area (Å²) >= 11 is 0. The molecule has 3 atom stereocenters. The zero-order valence-corrected chi connectivity index (χ0v) is 4.45. The van der Waals surface area contributed by atoms with Crippen molar-refractivity contribution in [2.75, 3.05) is 13.2 Å². The van der Waals surface area contributed by atoms with E-state index >= 15 is 0 Å².